The number of hydrogen-bond acceptors (Lipinski definition) is 0. The number of rotatable bonds is 0. The summed E-state index contributed by atoms with van der Waals surface area (Å²) in [4.78, 5) is 0. The van der Waals surface area contributed by atoms with Gasteiger partial charge in [-0.3, -0.25) is 0 Å². The normalized spacial score (nSPS) is 11.4. The molecule has 0 radical (unpaired) electrons. The number of fused-ring (bicyclic) bond motifs is 3. The zero-order valence-electron chi connectivity index (χ0n) is 7.68. The van der Waals surface area contributed by atoms with Crippen molar-refractivity contribution in [3.63, 3.8) is 0 Å². The molecule has 2 aromatic carbocycles. The van der Waals surface area contributed by atoms with E-state index >= 15 is 0 Å². The van der Waals surface area contributed by atoms with Crippen molar-refractivity contribution < 1.29 is 17.1 Å². The van der Waals surface area contributed by atoms with E-state index in [0.717, 1.165) is 6.42 Å². The molecule has 0 heterocycles. The Morgan fingerprint density at radius 1 is 0.643 bits per heavy atom. The van der Waals surface area contributed by atoms with E-state index in [1.807, 2.05) is 0 Å². The van der Waals surface area contributed by atoms with Gasteiger partial charge in [-0.25, -0.2) is 0 Å². The summed E-state index contributed by atoms with van der Waals surface area (Å²) in [5.74, 6) is 0. The molecule has 70 valence electrons. The van der Waals surface area contributed by atoms with Gasteiger partial charge in [0.1, 0.15) is 0 Å². The minimum absolute atomic E-state index is 0. The zero-order chi connectivity index (χ0) is 8.67. The van der Waals surface area contributed by atoms with Crippen LogP contribution < -0.4 is 0 Å². The van der Waals surface area contributed by atoms with Crippen molar-refractivity contribution in [3.05, 3.63) is 59.7 Å². The Morgan fingerprint density at radius 3 is 1.57 bits per heavy atom. The van der Waals surface area contributed by atoms with E-state index in [4.69, 9.17) is 0 Å². The summed E-state index contributed by atoms with van der Waals surface area (Å²) in [5.41, 5.74) is 5.75. The summed E-state index contributed by atoms with van der Waals surface area (Å²) in [6.45, 7) is 0. The first-order chi connectivity index (χ1) is 6.45. The molecule has 0 saturated heterocycles. The molecule has 3 rings (SSSR count). The van der Waals surface area contributed by atoms with E-state index < -0.39 is 0 Å². The monoisotopic (exact) mass is 222 g/mol. The Balaban J connectivity index is 0.000000750. The SMILES string of the molecule is [Fe].c1ccc2c(c1)Cc1ccccc1-2. The van der Waals surface area contributed by atoms with Crippen LogP contribution in [0.2, 0.25) is 0 Å². The molecule has 0 atom stereocenters. The van der Waals surface area contributed by atoms with Gasteiger partial charge in [-0.1, -0.05) is 48.5 Å². The average molecular weight is 222 g/mol. The molecule has 0 nitrogen and oxygen atoms in total. The topological polar surface area (TPSA) is 0 Å². The van der Waals surface area contributed by atoms with Crippen LogP contribution in [0.1, 0.15) is 11.1 Å². The molecule has 2 aromatic rings. The van der Waals surface area contributed by atoms with Crippen molar-refractivity contribution in [2.75, 3.05) is 0 Å². The third-order valence-corrected chi connectivity index (χ3v) is 2.71. The van der Waals surface area contributed by atoms with Gasteiger partial charge in [-0.15, -0.1) is 0 Å². The van der Waals surface area contributed by atoms with E-state index in [9.17, 15) is 0 Å². The summed E-state index contributed by atoms with van der Waals surface area (Å²) >= 11 is 0. The minimum Gasteiger partial charge on any atom is -0.0619 e. The van der Waals surface area contributed by atoms with Gasteiger partial charge in [0.2, 0.25) is 0 Å². The molecular weight excluding hydrogens is 212 g/mol. The predicted octanol–water partition coefficient (Wildman–Crippen LogP) is 3.26. The molecule has 0 N–H and O–H groups in total. The molecule has 0 aliphatic heterocycles. The molecule has 0 amide bonds. The predicted molar refractivity (Wildman–Crippen MR) is 54.7 cm³/mol. The van der Waals surface area contributed by atoms with Gasteiger partial charge in [0, 0.05) is 17.1 Å². The summed E-state index contributed by atoms with van der Waals surface area (Å²) in [7, 11) is 0. The Kier molecular flexibility index (Phi) is 2.45. The van der Waals surface area contributed by atoms with Gasteiger partial charge in [-0.2, -0.15) is 0 Å². The molecule has 0 fully saturated rings. The third kappa shape index (κ3) is 1.30. The summed E-state index contributed by atoms with van der Waals surface area (Å²) < 4.78 is 0. The van der Waals surface area contributed by atoms with Crippen LogP contribution in [0.25, 0.3) is 11.1 Å². The van der Waals surface area contributed by atoms with Gasteiger partial charge in [0.25, 0.3) is 0 Å². The Labute approximate surface area is 94.4 Å². The molecule has 0 unspecified atom stereocenters. The van der Waals surface area contributed by atoms with Crippen molar-refractivity contribution in [1.82, 2.24) is 0 Å². The van der Waals surface area contributed by atoms with Crippen molar-refractivity contribution in [2.24, 2.45) is 0 Å². The van der Waals surface area contributed by atoms with Gasteiger partial charge in [0.15, 0.2) is 0 Å². The maximum Gasteiger partial charge on any atom is 0 e. The van der Waals surface area contributed by atoms with Crippen LogP contribution in [0, 0.1) is 0 Å². The Bertz CT molecular complexity index is 417. The van der Waals surface area contributed by atoms with Crippen molar-refractivity contribution >= 4 is 0 Å². The molecule has 1 aliphatic rings. The van der Waals surface area contributed by atoms with Crippen LogP contribution in [-0.4, -0.2) is 0 Å². The fourth-order valence-electron chi connectivity index (χ4n) is 2.08. The van der Waals surface area contributed by atoms with Crippen LogP contribution in [0.3, 0.4) is 0 Å². The van der Waals surface area contributed by atoms with E-state index in [1.54, 1.807) is 0 Å². The Hall–Kier alpha value is -1.04. The molecular formula is C13H10Fe. The van der Waals surface area contributed by atoms with Gasteiger partial charge in [-0.05, 0) is 28.7 Å². The van der Waals surface area contributed by atoms with Gasteiger partial charge >= 0.3 is 0 Å². The van der Waals surface area contributed by atoms with E-state index in [-0.39, 0.29) is 17.1 Å². The standard InChI is InChI=1S/C13H10.Fe/c1-3-7-12-10(5-1)9-11-6-2-4-8-13(11)12;/h1-8H,9H2;. The molecule has 0 spiro atoms. The van der Waals surface area contributed by atoms with Crippen LogP contribution in [0.4, 0.5) is 0 Å². The quantitative estimate of drug-likeness (QED) is 0.512. The summed E-state index contributed by atoms with van der Waals surface area (Å²) in [6.07, 6.45) is 1.10. The summed E-state index contributed by atoms with van der Waals surface area (Å²) in [6, 6.07) is 17.3. The van der Waals surface area contributed by atoms with Crippen LogP contribution >= 0.6 is 0 Å². The largest absolute Gasteiger partial charge is 0.0619 e. The van der Waals surface area contributed by atoms with Crippen molar-refractivity contribution in [3.8, 4) is 11.1 Å². The minimum atomic E-state index is 0. The molecule has 0 bridgehead atoms. The average Bonchev–Trinajstić information content (AvgIpc) is 2.56. The first-order valence-corrected chi connectivity index (χ1v) is 4.61. The number of hydrogen-bond donors (Lipinski definition) is 0. The smallest absolute Gasteiger partial charge is 0 e. The molecule has 0 aromatic heterocycles. The number of benzene rings is 2. The van der Waals surface area contributed by atoms with E-state index in [2.05, 4.69) is 48.5 Å². The fourth-order valence-corrected chi connectivity index (χ4v) is 2.08. The van der Waals surface area contributed by atoms with Crippen molar-refractivity contribution in [2.45, 2.75) is 6.42 Å². The second-order valence-electron chi connectivity index (χ2n) is 3.49. The Morgan fingerprint density at radius 2 is 1.07 bits per heavy atom. The van der Waals surface area contributed by atoms with Gasteiger partial charge < -0.3 is 0 Å². The van der Waals surface area contributed by atoms with Crippen LogP contribution in [-0.2, 0) is 23.5 Å². The molecule has 14 heavy (non-hydrogen) atoms. The molecule has 1 heteroatoms. The maximum atomic E-state index is 2.22. The van der Waals surface area contributed by atoms with Gasteiger partial charge in [0.05, 0.1) is 0 Å². The van der Waals surface area contributed by atoms with E-state index in [0.29, 0.717) is 0 Å². The third-order valence-electron chi connectivity index (χ3n) is 2.71. The molecule has 0 saturated carbocycles. The second-order valence-corrected chi connectivity index (χ2v) is 3.49. The van der Waals surface area contributed by atoms with Crippen LogP contribution in [0.15, 0.2) is 48.5 Å². The van der Waals surface area contributed by atoms with Crippen LogP contribution in [0.5, 0.6) is 0 Å². The first kappa shape index (κ1) is 9.51. The first-order valence-electron chi connectivity index (χ1n) is 4.61. The molecule has 1 aliphatic carbocycles. The zero-order valence-corrected chi connectivity index (χ0v) is 8.78. The maximum absolute atomic E-state index is 2.22. The van der Waals surface area contributed by atoms with E-state index in [1.165, 1.54) is 22.3 Å². The second kappa shape index (κ2) is 3.61. The van der Waals surface area contributed by atoms with Crippen molar-refractivity contribution in [1.29, 1.82) is 0 Å². The summed E-state index contributed by atoms with van der Waals surface area (Å²) in [5, 5.41) is 0. The fraction of sp³-hybridized carbons (Fsp3) is 0.0769.